The van der Waals surface area contributed by atoms with Gasteiger partial charge in [0.25, 0.3) is 5.91 Å². The molecule has 0 N–H and O–H groups in total. The lowest BCUT2D eigenvalue weighted by Crippen LogP contribution is -2.49. The van der Waals surface area contributed by atoms with Gasteiger partial charge in [0.05, 0.1) is 5.39 Å². The molecule has 3 heterocycles. The average molecular weight is 507 g/mol. The van der Waals surface area contributed by atoms with E-state index in [0.717, 1.165) is 58.7 Å². The summed E-state index contributed by atoms with van der Waals surface area (Å²) < 4.78 is 0. The molecule has 0 radical (unpaired) electrons. The van der Waals surface area contributed by atoms with Crippen molar-refractivity contribution in [2.45, 2.75) is 26.7 Å². The summed E-state index contributed by atoms with van der Waals surface area (Å²) in [5, 5.41) is 3.28. The molecule has 0 atom stereocenters. The molecule has 3 aromatic carbocycles. The minimum atomic E-state index is 0.107. The number of anilines is 1. The van der Waals surface area contributed by atoms with Crippen molar-refractivity contribution >= 4 is 44.1 Å². The van der Waals surface area contributed by atoms with Gasteiger partial charge in [-0.15, -0.1) is 11.3 Å². The van der Waals surface area contributed by atoms with Gasteiger partial charge < -0.3 is 9.80 Å². The SMILES string of the molecule is Cc1sc2nc(CCc3ccccc3)nc(N3CCN(C(=O)c4cccc5ccccc45)CC3)c2c1C. The maximum Gasteiger partial charge on any atom is 0.254 e. The maximum absolute atomic E-state index is 13.5. The van der Waals surface area contributed by atoms with Gasteiger partial charge in [-0.1, -0.05) is 66.7 Å². The number of rotatable bonds is 5. The van der Waals surface area contributed by atoms with Crippen LogP contribution in [-0.4, -0.2) is 47.0 Å². The van der Waals surface area contributed by atoms with Crippen molar-refractivity contribution < 1.29 is 4.79 Å². The molecule has 5 aromatic rings. The largest absolute Gasteiger partial charge is 0.352 e. The second-order valence-electron chi connectivity index (χ2n) is 9.72. The summed E-state index contributed by atoms with van der Waals surface area (Å²) >= 11 is 1.75. The Balaban J connectivity index is 1.24. The molecule has 1 aliphatic rings. The van der Waals surface area contributed by atoms with E-state index < -0.39 is 0 Å². The molecule has 0 unspecified atom stereocenters. The van der Waals surface area contributed by atoms with Crippen LogP contribution in [0.25, 0.3) is 21.0 Å². The molecule has 6 rings (SSSR count). The molecular weight excluding hydrogens is 476 g/mol. The molecule has 0 aliphatic carbocycles. The zero-order chi connectivity index (χ0) is 25.4. The highest BCUT2D eigenvalue weighted by atomic mass is 32.1. The molecule has 37 heavy (non-hydrogen) atoms. The number of amides is 1. The van der Waals surface area contributed by atoms with E-state index in [1.165, 1.54) is 21.4 Å². The first-order valence-electron chi connectivity index (χ1n) is 12.9. The Kier molecular flexibility index (Phi) is 6.35. The third-order valence-electron chi connectivity index (χ3n) is 7.42. The molecule has 1 aliphatic heterocycles. The Bertz CT molecular complexity index is 1580. The molecule has 1 amide bonds. The first-order chi connectivity index (χ1) is 18.1. The highest BCUT2D eigenvalue weighted by molar-refractivity contribution is 7.18. The number of carbonyl (C=O) groups is 1. The number of hydrogen-bond donors (Lipinski definition) is 0. The molecule has 0 bridgehead atoms. The van der Waals surface area contributed by atoms with Gasteiger partial charge in [-0.05, 0) is 48.2 Å². The topological polar surface area (TPSA) is 49.3 Å². The molecule has 2 aromatic heterocycles. The monoisotopic (exact) mass is 506 g/mol. The van der Waals surface area contributed by atoms with Gasteiger partial charge in [0.15, 0.2) is 0 Å². The van der Waals surface area contributed by atoms with Gasteiger partial charge in [0.1, 0.15) is 16.5 Å². The first-order valence-corrected chi connectivity index (χ1v) is 13.7. The summed E-state index contributed by atoms with van der Waals surface area (Å²) in [6.45, 7) is 7.20. The Labute approximate surface area is 221 Å². The van der Waals surface area contributed by atoms with Crippen LogP contribution in [0, 0.1) is 13.8 Å². The molecule has 0 spiro atoms. The quantitative estimate of drug-likeness (QED) is 0.284. The van der Waals surface area contributed by atoms with E-state index in [9.17, 15) is 4.79 Å². The van der Waals surface area contributed by atoms with Crippen LogP contribution in [0.2, 0.25) is 0 Å². The van der Waals surface area contributed by atoms with Crippen molar-refractivity contribution in [2.75, 3.05) is 31.1 Å². The summed E-state index contributed by atoms with van der Waals surface area (Å²) in [5.74, 6) is 2.02. The summed E-state index contributed by atoms with van der Waals surface area (Å²) in [5.41, 5.74) is 3.34. The number of thiophene rings is 1. The lowest BCUT2D eigenvalue weighted by atomic mass is 10.0. The smallest absolute Gasteiger partial charge is 0.254 e. The van der Waals surface area contributed by atoms with Crippen molar-refractivity contribution in [3.8, 4) is 0 Å². The van der Waals surface area contributed by atoms with Gasteiger partial charge in [-0.3, -0.25) is 4.79 Å². The van der Waals surface area contributed by atoms with Gasteiger partial charge in [-0.25, -0.2) is 9.97 Å². The Morgan fingerprint density at radius 3 is 2.38 bits per heavy atom. The fourth-order valence-corrected chi connectivity index (χ4v) is 6.26. The number of benzene rings is 3. The minimum Gasteiger partial charge on any atom is -0.352 e. The summed E-state index contributed by atoms with van der Waals surface area (Å²) in [4.78, 5) is 30.2. The van der Waals surface area contributed by atoms with E-state index in [2.05, 4.69) is 55.1 Å². The Morgan fingerprint density at radius 1 is 0.838 bits per heavy atom. The summed E-state index contributed by atoms with van der Waals surface area (Å²) in [6.07, 6.45) is 1.73. The van der Waals surface area contributed by atoms with Crippen LogP contribution < -0.4 is 4.90 Å². The van der Waals surface area contributed by atoms with Crippen LogP contribution >= 0.6 is 11.3 Å². The third kappa shape index (κ3) is 4.58. The van der Waals surface area contributed by atoms with Crippen molar-refractivity contribution in [2.24, 2.45) is 0 Å². The van der Waals surface area contributed by atoms with E-state index in [4.69, 9.17) is 9.97 Å². The predicted molar refractivity (Wildman–Crippen MR) is 153 cm³/mol. The molecule has 1 fully saturated rings. The Hall–Kier alpha value is -3.77. The van der Waals surface area contributed by atoms with Crippen molar-refractivity contribution in [1.29, 1.82) is 0 Å². The Morgan fingerprint density at radius 2 is 1.57 bits per heavy atom. The summed E-state index contributed by atoms with van der Waals surface area (Å²) in [6, 6.07) is 24.6. The van der Waals surface area contributed by atoms with E-state index in [1.807, 2.05) is 41.3 Å². The second-order valence-corrected chi connectivity index (χ2v) is 10.9. The molecular formula is C31H30N4OS. The third-order valence-corrected chi connectivity index (χ3v) is 8.52. The zero-order valence-electron chi connectivity index (χ0n) is 21.3. The van der Waals surface area contributed by atoms with Gasteiger partial charge in [0.2, 0.25) is 0 Å². The maximum atomic E-state index is 13.5. The molecule has 0 saturated carbocycles. The highest BCUT2D eigenvalue weighted by Gasteiger charge is 2.26. The van der Waals surface area contributed by atoms with Crippen LogP contribution in [0.3, 0.4) is 0 Å². The van der Waals surface area contributed by atoms with Crippen LogP contribution in [-0.2, 0) is 12.8 Å². The van der Waals surface area contributed by atoms with Crippen LogP contribution in [0.1, 0.15) is 32.2 Å². The highest BCUT2D eigenvalue weighted by Crippen LogP contribution is 2.35. The van der Waals surface area contributed by atoms with Gasteiger partial charge in [0, 0.05) is 43.0 Å². The normalized spacial score (nSPS) is 14.0. The number of carbonyl (C=O) groups excluding carboxylic acids is 1. The van der Waals surface area contributed by atoms with Crippen molar-refractivity contribution in [3.63, 3.8) is 0 Å². The van der Waals surface area contributed by atoms with Crippen LogP contribution in [0.5, 0.6) is 0 Å². The van der Waals surface area contributed by atoms with Gasteiger partial charge >= 0.3 is 0 Å². The van der Waals surface area contributed by atoms with Crippen molar-refractivity contribution in [3.05, 3.63) is 100 Å². The minimum absolute atomic E-state index is 0.107. The first kappa shape index (κ1) is 23.6. The van der Waals surface area contributed by atoms with Gasteiger partial charge in [-0.2, -0.15) is 0 Å². The van der Waals surface area contributed by atoms with E-state index >= 15 is 0 Å². The lowest BCUT2D eigenvalue weighted by Gasteiger charge is -2.36. The fraction of sp³-hybridized carbons (Fsp3) is 0.258. The van der Waals surface area contributed by atoms with Crippen LogP contribution in [0.15, 0.2) is 72.8 Å². The van der Waals surface area contributed by atoms with E-state index in [0.29, 0.717) is 13.1 Å². The number of hydrogen-bond acceptors (Lipinski definition) is 5. The number of piperazine rings is 1. The zero-order valence-corrected chi connectivity index (χ0v) is 22.1. The number of nitrogens with zero attached hydrogens (tertiary/aromatic N) is 4. The van der Waals surface area contributed by atoms with E-state index in [-0.39, 0.29) is 5.91 Å². The van der Waals surface area contributed by atoms with Crippen molar-refractivity contribution in [1.82, 2.24) is 14.9 Å². The average Bonchev–Trinajstić information content (AvgIpc) is 3.24. The lowest BCUT2D eigenvalue weighted by molar-refractivity contribution is 0.0748. The van der Waals surface area contributed by atoms with Crippen LogP contribution in [0.4, 0.5) is 5.82 Å². The summed E-state index contributed by atoms with van der Waals surface area (Å²) in [7, 11) is 0. The number of aryl methyl sites for hydroxylation is 4. The molecule has 186 valence electrons. The number of fused-ring (bicyclic) bond motifs is 2. The molecule has 5 nitrogen and oxygen atoms in total. The standard InChI is InChI=1S/C31H30N4OS/c1-21-22(2)37-30-28(21)29(32-27(33-30)16-15-23-9-4-3-5-10-23)34-17-19-35(20-18-34)31(36)26-14-8-12-24-11-6-7-13-25(24)26/h3-14H,15-20H2,1-2H3. The second kappa shape index (κ2) is 9.94. The van der Waals surface area contributed by atoms with E-state index in [1.54, 1.807) is 11.3 Å². The predicted octanol–water partition coefficient (Wildman–Crippen LogP) is 6.21. The fourth-order valence-electron chi connectivity index (χ4n) is 5.22. The molecule has 1 saturated heterocycles. The molecule has 6 heteroatoms. The number of aromatic nitrogens is 2.